The van der Waals surface area contributed by atoms with Gasteiger partial charge in [-0.25, -0.2) is 4.98 Å². The predicted octanol–water partition coefficient (Wildman–Crippen LogP) is 5.80. The SMILES string of the molecule is O=C(Nc1ccc(Cl)c(Cl)c1)c1cccnc1NCc1ccc2ncccc2c1. The van der Waals surface area contributed by atoms with Gasteiger partial charge in [0.05, 0.1) is 21.1 Å². The molecule has 0 saturated heterocycles. The highest BCUT2D eigenvalue weighted by Gasteiger charge is 2.13. The van der Waals surface area contributed by atoms with Crippen molar-refractivity contribution in [2.75, 3.05) is 10.6 Å². The molecule has 2 aromatic carbocycles. The lowest BCUT2D eigenvalue weighted by Gasteiger charge is -2.12. The number of carbonyl (C=O) groups excluding carboxylic acids is 1. The van der Waals surface area contributed by atoms with Crippen molar-refractivity contribution in [3.05, 3.63) is 94.2 Å². The third-order valence-electron chi connectivity index (χ3n) is 4.36. The van der Waals surface area contributed by atoms with Crippen LogP contribution in [0.25, 0.3) is 10.9 Å². The normalized spacial score (nSPS) is 10.7. The van der Waals surface area contributed by atoms with E-state index in [1.165, 1.54) is 0 Å². The minimum absolute atomic E-state index is 0.290. The smallest absolute Gasteiger partial charge is 0.259 e. The van der Waals surface area contributed by atoms with Crippen LogP contribution < -0.4 is 10.6 Å². The second-order valence-electron chi connectivity index (χ2n) is 6.37. The van der Waals surface area contributed by atoms with E-state index in [-0.39, 0.29) is 5.91 Å². The summed E-state index contributed by atoms with van der Waals surface area (Å²) in [5.74, 6) is 0.207. The van der Waals surface area contributed by atoms with E-state index >= 15 is 0 Å². The zero-order valence-corrected chi connectivity index (χ0v) is 16.7. The van der Waals surface area contributed by atoms with Crippen LogP contribution >= 0.6 is 23.2 Å². The number of nitrogens with zero attached hydrogens (tertiary/aromatic N) is 2. The first-order valence-corrected chi connectivity index (χ1v) is 9.65. The van der Waals surface area contributed by atoms with Crippen LogP contribution in [-0.2, 0) is 6.54 Å². The Labute approximate surface area is 177 Å². The Morgan fingerprint density at radius 1 is 0.897 bits per heavy atom. The van der Waals surface area contributed by atoms with Crippen molar-refractivity contribution >= 4 is 51.5 Å². The Morgan fingerprint density at radius 3 is 2.59 bits per heavy atom. The monoisotopic (exact) mass is 422 g/mol. The van der Waals surface area contributed by atoms with E-state index in [1.54, 1.807) is 42.7 Å². The molecule has 2 aromatic heterocycles. The number of rotatable bonds is 5. The van der Waals surface area contributed by atoms with Crippen molar-refractivity contribution in [2.45, 2.75) is 6.54 Å². The third-order valence-corrected chi connectivity index (χ3v) is 5.10. The van der Waals surface area contributed by atoms with E-state index in [4.69, 9.17) is 23.2 Å². The highest BCUT2D eigenvalue weighted by atomic mass is 35.5. The quantitative estimate of drug-likeness (QED) is 0.426. The Morgan fingerprint density at radius 2 is 1.72 bits per heavy atom. The fraction of sp³-hybridized carbons (Fsp3) is 0.0455. The van der Waals surface area contributed by atoms with Gasteiger partial charge in [0.25, 0.3) is 5.91 Å². The average Bonchev–Trinajstić information content (AvgIpc) is 2.75. The minimum atomic E-state index is -0.290. The maximum atomic E-state index is 12.7. The molecule has 0 bridgehead atoms. The summed E-state index contributed by atoms with van der Waals surface area (Å²) in [4.78, 5) is 21.4. The average molecular weight is 423 g/mol. The molecule has 0 radical (unpaired) electrons. The van der Waals surface area contributed by atoms with Crippen molar-refractivity contribution in [3.63, 3.8) is 0 Å². The number of nitrogens with one attached hydrogen (secondary N) is 2. The maximum absolute atomic E-state index is 12.7. The summed E-state index contributed by atoms with van der Waals surface area (Å²) >= 11 is 11.9. The van der Waals surface area contributed by atoms with Gasteiger partial charge in [0.2, 0.25) is 0 Å². The molecule has 0 aliphatic carbocycles. The molecule has 0 fully saturated rings. The second kappa shape index (κ2) is 8.47. The molecule has 29 heavy (non-hydrogen) atoms. The summed E-state index contributed by atoms with van der Waals surface area (Å²) in [6.07, 6.45) is 3.41. The first kappa shape index (κ1) is 19.2. The molecule has 7 heteroatoms. The van der Waals surface area contributed by atoms with Gasteiger partial charge < -0.3 is 10.6 Å². The van der Waals surface area contributed by atoms with Gasteiger partial charge in [0.1, 0.15) is 5.82 Å². The highest BCUT2D eigenvalue weighted by molar-refractivity contribution is 6.42. The van der Waals surface area contributed by atoms with Gasteiger partial charge >= 0.3 is 0 Å². The van der Waals surface area contributed by atoms with Crippen LogP contribution in [0.2, 0.25) is 10.0 Å². The number of pyridine rings is 2. The molecular formula is C22H16Cl2N4O. The third kappa shape index (κ3) is 4.47. The number of hydrogen-bond acceptors (Lipinski definition) is 4. The van der Waals surface area contributed by atoms with E-state index in [9.17, 15) is 4.79 Å². The number of hydrogen-bond donors (Lipinski definition) is 2. The topological polar surface area (TPSA) is 66.9 Å². The fourth-order valence-corrected chi connectivity index (χ4v) is 3.22. The van der Waals surface area contributed by atoms with Crippen molar-refractivity contribution in [2.24, 2.45) is 0 Å². The van der Waals surface area contributed by atoms with E-state index in [1.807, 2.05) is 24.3 Å². The largest absolute Gasteiger partial charge is 0.365 e. The number of halogens is 2. The van der Waals surface area contributed by atoms with Crippen molar-refractivity contribution in [1.82, 2.24) is 9.97 Å². The Bertz CT molecular complexity index is 1200. The van der Waals surface area contributed by atoms with Gasteiger partial charge in [-0.2, -0.15) is 0 Å². The molecule has 5 nitrogen and oxygen atoms in total. The maximum Gasteiger partial charge on any atom is 0.259 e. The summed E-state index contributed by atoms with van der Waals surface area (Å²) in [7, 11) is 0. The van der Waals surface area contributed by atoms with Crippen molar-refractivity contribution < 1.29 is 4.79 Å². The summed E-state index contributed by atoms with van der Waals surface area (Å²) in [6.45, 7) is 0.523. The standard InChI is InChI=1S/C22H16Cl2N4O/c23-18-7-6-16(12-19(18)24)28-22(29)17-4-2-10-26-21(17)27-13-14-5-8-20-15(11-14)3-1-9-25-20/h1-12H,13H2,(H,26,27)(H,28,29). The van der Waals surface area contributed by atoms with Crippen LogP contribution in [0.5, 0.6) is 0 Å². The van der Waals surface area contributed by atoms with Gasteiger partial charge in [-0.3, -0.25) is 9.78 Å². The van der Waals surface area contributed by atoms with Crippen LogP contribution in [0.4, 0.5) is 11.5 Å². The molecule has 0 unspecified atom stereocenters. The molecule has 1 amide bonds. The number of aromatic nitrogens is 2. The lowest BCUT2D eigenvalue weighted by Crippen LogP contribution is -2.15. The molecule has 4 aromatic rings. The number of carbonyl (C=O) groups is 1. The Balaban J connectivity index is 1.51. The van der Waals surface area contributed by atoms with E-state index < -0.39 is 0 Å². The van der Waals surface area contributed by atoms with Crippen LogP contribution in [0.15, 0.2) is 73.1 Å². The first-order chi connectivity index (χ1) is 14.1. The molecule has 0 saturated carbocycles. The van der Waals surface area contributed by atoms with Crippen LogP contribution in [0.3, 0.4) is 0 Å². The molecule has 0 aliphatic heterocycles. The van der Waals surface area contributed by atoms with Crippen LogP contribution in [0, 0.1) is 0 Å². The minimum Gasteiger partial charge on any atom is -0.365 e. The number of amides is 1. The summed E-state index contributed by atoms with van der Waals surface area (Å²) < 4.78 is 0. The van der Waals surface area contributed by atoms with E-state index in [2.05, 4.69) is 26.7 Å². The van der Waals surface area contributed by atoms with Crippen LogP contribution in [0.1, 0.15) is 15.9 Å². The predicted molar refractivity (Wildman–Crippen MR) is 118 cm³/mol. The number of benzene rings is 2. The number of fused-ring (bicyclic) bond motifs is 1. The summed E-state index contributed by atoms with van der Waals surface area (Å²) in [6, 6.07) is 18.3. The lowest BCUT2D eigenvalue weighted by molar-refractivity contribution is 0.102. The Kier molecular flexibility index (Phi) is 5.60. The van der Waals surface area contributed by atoms with Gasteiger partial charge in [-0.05, 0) is 54.1 Å². The Hall–Kier alpha value is -3.15. The molecule has 0 aliphatic rings. The number of anilines is 2. The molecule has 0 spiro atoms. The fourth-order valence-electron chi connectivity index (χ4n) is 2.92. The molecule has 0 atom stereocenters. The molecular weight excluding hydrogens is 407 g/mol. The highest BCUT2D eigenvalue weighted by Crippen LogP contribution is 2.26. The molecule has 144 valence electrons. The lowest BCUT2D eigenvalue weighted by atomic mass is 10.1. The molecule has 2 N–H and O–H groups in total. The van der Waals surface area contributed by atoms with Crippen molar-refractivity contribution in [3.8, 4) is 0 Å². The van der Waals surface area contributed by atoms with Crippen LogP contribution in [-0.4, -0.2) is 15.9 Å². The van der Waals surface area contributed by atoms with Gasteiger partial charge in [-0.1, -0.05) is 35.3 Å². The first-order valence-electron chi connectivity index (χ1n) is 8.89. The second-order valence-corrected chi connectivity index (χ2v) is 7.18. The van der Waals surface area contributed by atoms with Gasteiger partial charge in [0.15, 0.2) is 0 Å². The van der Waals surface area contributed by atoms with E-state index in [0.29, 0.717) is 33.7 Å². The molecule has 4 rings (SSSR count). The van der Waals surface area contributed by atoms with Gasteiger partial charge in [0, 0.05) is 30.0 Å². The zero-order chi connectivity index (χ0) is 20.2. The zero-order valence-electron chi connectivity index (χ0n) is 15.2. The summed E-state index contributed by atoms with van der Waals surface area (Å²) in [5.41, 5.74) is 2.99. The molecule has 2 heterocycles. The van der Waals surface area contributed by atoms with Gasteiger partial charge in [-0.15, -0.1) is 0 Å². The summed E-state index contributed by atoms with van der Waals surface area (Å²) in [5, 5.41) is 7.93. The van der Waals surface area contributed by atoms with Crippen molar-refractivity contribution in [1.29, 1.82) is 0 Å². The van der Waals surface area contributed by atoms with E-state index in [0.717, 1.165) is 16.5 Å².